The molecule has 2 aliphatic rings. The lowest BCUT2D eigenvalue weighted by Gasteiger charge is -2.30. The van der Waals surface area contributed by atoms with Crippen molar-refractivity contribution in [2.45, 2.75) is 45.2 Å². The molecule has 1 amide bonds. The number of rotatable bonds is 5. The van der Waals surface area contributed by atoms with E-state index in [1.165, 1.54) is 30.2 Å². The van der Waals surface area contributed by atoms with E-state index in [9.17, 15) is 9.90 Å². The fourth-order valence-electron chi connectivity index (χ4n) is 5.03. The number of aromatic nitrogens is 1. The fourth-order valence-corrected chi connectivity index (χ4v) is 5.03. The first-order chi connectivity index (χ1) is 11.7. The minimum Gasteiger partial charge on any atom is -0.396 e. The monoisotopic (exact) mass is 326 g/mol. The summed E-state index contributed by atoms with van der Waals surface area (Å²) in [6.07, 6.45) is 6.10. The first-order valence-corrected chi connectivity index (χ1v) is 9.18. The van der Waals surface area contributed by atoms with Gasteiger partial charge in [-0.2, -0.15) is 0 Å². The van der Waals surface area contributed by atoms with Gasteiger partial charge < -0.3 is 15.0 Å². The van der Waals surface area contributed by atoms with E-state index in [4.69, 9.17) is 0 Å². The van der Waals surface area contributed by atoms with Crippen LogP contribution in [0.25, 0.3) is 10.9 Å². The summed E-state index contributed by atoms with van der Waals surface area (Å²) in [5.74, 6) is 1.51. The van der Waals surface area contributed by atoms with Crippen LogP contribution in [0.3, 0.4) is 0 Å². The molecule has 2 bridgehead atoms. The fraction of sp³-hybridized carbons (Fsp3) is 0.550. The van der Waals surface area contributed by atoms with Crippen molar-refractivity contribution in [3.63, 3.8) is 0 Å². The molecule has 4 rings (SSSR count). The molecule has 4 atom stereocenters. The lowest BCUT2D eigenvalue weighted by Crippen LogP contribution is -2.45. The van der Waals surface area contributed by atoms with Crippen LogP contribution in [0.4, 0.5) is 0 Å². The van der Waals surface area contributed by atoms with Crippen molar-refractivity contribution in [2.75, 3.05) is 6.61 Å². The molecule has 2 aliphatic carbocycles. The van der Waals surface area contributed by atoms with Crippen LogP contribution in [0.15, 0.2) is 30.5 Å². The lowest BCUT2D eigenvalue weighted by molar-refractivity contribution is -0.122. The standard InChI is InChI=1S/C20H26N2O2/c1-2-22-11-15(16-5-3-4-6-18(16)22)10-19(24)21-20-14-8-7-13(9-14)17(20)12-23/h3-6,11,13-14,17,20,23H,2,7-10,12H2,1H3,(H,21,24). The Morgan fingerprint density at radius 2 is 2.08 bits per heavy atom. The molecule has 1 heterocycles. The normalized spacial score (nSPS) is 28.6. The van der Waals surface area contributed by atoms with Crippen LogP contribution in [0, 0.1) is 17.8 Å². The van der Waals surface area contributed by atoms with Crippen LogP contribution in [0.1, 0.15) is 31.7 Å². The highest BCUT2D eigenvalue weighted by Gasteiger charge is 2.47. The number of hydrogen-bond acceptors (Lipinski definition) is 2. The van der Waals surface area contributed by atoms with Crippen molar-refractivity contribution in [1.82, 2.24) is 9.88 Å². The second-order valence-corrected chi connectivity index (χ2v) is 7.41. The molecule has 2 fully saturated rings. The maximum absolute atomic E-state index is 12.6. The van der Waals surface area contributed by atoms with E-state index in [0.717, 1.165) is 12.1 Å². The van der Waals surface area contributed by atoms with Crippen molar-refractivity contribution in [2.24, 2.45) is 17.8 Å². The minimum absolute atomic E-state index is 0.0880. The Bertz CT molecular complexity index is 751. The lowest BCUT2D eigenvalue weighted by atomic mass is 9.85. The van der Waals surface area contributed by atoms with Crippen LogP contribution >= 0.6 is 0 Å². The zero-order valence-corrected chi connectivity index (χ0v) is 14.2. The first-order valence-electron chi connectivity index (χ1n) is 9.18. The van der Waals surface area contributed by atoms with Crippen molar-refractivity contribution in [1.29, 1.82) is 0 Å². The van der Waals surface area contributed by atoms with Crippen molar-refractivity contribution in [3.8, 4) is 0 Å². The van der Waals surface area contributed by atoms with E-state index < -0.39 is 0 Å². The highest BCUT2D eigenvalue weighted by atomic mass is 16.3. The maximum atomic E-state index is 12.6. The molecule has 0 aliphatic heterocycles. The zero-order chi connectivity index (χ0) is 16.7. The molecule has 0 saturated heterocycles. The van der Waals surface area contributed by atoms with E-state index in [2.05, 4.69) is 35.1 Å². The van der Waals surface area contributed by atoms with E-state index in [1.54, 1.807) is 0 Å². The van der Waals surface area contributed by atoms with Crippen LogP contribution in [-0.2, 0) is 17.8 Å². The number of para-hydroxylation sites is 1. The van der Waals surface area contributed by atoms with Gasteiger partial charge in [0.05, 0.1) is 6.42 Å². The number of aliphatic hydroxyl groups excluding tert-OH is 1. The molecule has 4 heteroatoms. The summed E-state index contributed by atoms with van der Waals surface area (Å²) < 4.78 is 2.20. The average Bonchev–Trinajstić information content (AvgIpc) is 3.28. The molecule has 128 valence electrons. The molecule has 2 saturated carbocycles. The third-order valence-corrected chi connectivity index (χ3v) is 6.19. The summed E-state index contributed by atoms with van der Waals surface area (Å²) >= 11 is 0. The van der Waals surface area contributed by atoms with Crippen molar-refractivity contribution in [3.05, 3.63) is 36.0 Å². The van der Waals surface area contributed by atoms with Crippen molar-refractivity contribution < 1.29 is 9.90 Å². The summed E-state index contributed by atoms with van der Waals surface area (Å²) in [6, 6.07) is 8.44. The topological polar surface area (TPSA) is 54.3 Å². The van der Waals surface area contributed by atoms with Gasteiger partial charge in [-0.1, -0.05) is 18.2 Å². The van der Waals surface area contributed by atoms with Gasteiger partial charge in [-0.3, -0.25) is 4.79 Å². The number of carbonyl (C=O) groups is 1. The van der Waals surface area contributed by atoms with Crippen LogP contribution in [0.5, 0.6) is 0 Å². The van der Waals surface area contributed by atoms with E-state index in [0.29, 0.717) is 18.3 Å². The van der Waals surface area contributed by atoms with Crippen LogP contribution in [-0.4, -0.2) is 28.2 Å². The van der Waals surface area contributed by atoms with E-state index in [-0.39, 0.29) is 24.5 Å². The number of hydrogen-bond donors (Lipinski definition) is 2. The Balaban J connectivity index is 1.51. The Hall–Kier alpha value is -1.81. The SMILES string of the molecule is CCn1cc(CC(=O)NC2C3CCC(C3)C2CO)c2ccccc21. The number of benzene rings is 1. The molecule has 0 radical (unpaired) electrons. The number of aliphatic hydroxyl groups is 1. The predicted octanol–water partition coefficient (Wildman–Crippen LogP) is 2.73. The second kappa shape index (κ2) is 6.25. The van der Waals surface area contributed by atoms with Crippen LogP contribution in [0.2, 0.25) is 0 Å². The molecular weight excluding hydrogens is 300 g/mol. The molecule has 1 aromatic heterocycles. The summed E-state index contributed by atoms with van der Waals surface area (Å²) in [5.41, 5.74) is 2.28. The molecular formula is C20H26N2O2. The maximum Gasteiger partial charge on any atom is 0.224 e. The number of nitrogens with one attached hydrogen (secondary N) is 1. The third kappa shape index (κ3) is 2.53. The largest absolute Gasteiger partial charge is 0.396 e. The number of carbonyl (C=O) groups excluding carboxylic acids is 1. The molecule has 2 aromatic rings. The molecule has 4 unspecified atom stereocenters. The molecule has 0 spiro atoms. The predicted molar refractivity (Wildman–Crippen MR) is 94.7 cm³/mol. The van der Waals surface area contributed by atoms with Gasteiger partial charge in [0.15, 0.2) is 0 Å². The number of aryl methyl sites for hydroxylation is 1. The van der Waals surface area contributed by atoms with Gasteiger partial charge in [0, 0.05) is 42.2 Å². The van der Waals surface area contributed by atoms with E-state index in [1.807, 2.05) is 12.1 Å². The van der Waals surface area contributed by atoms with Crippen LogP contribution < -0.4 is 5.32 Å². The quantitative estimate of drug-likeness (QED) is 0.888. The van der Waals surface area contributed by atoms with Crippen molar-refractivity contribution >= 4 is 16.8 Å². The Morgan fingerprint density at radius 3 is 2.88 bits per heavy atom. The molecule has 24 heavy (non-hydrogen) atoms. The first kappa shape index (κ1) is 15.7. The molecule has 2 N–H and O–H groups in total. The van der Waals surface area contributed by atoms with Gasteiger partial charge in [0.1, 0.15) is 0 Å². The summed E-state index contributed by atoms with van der Waals surface area (Å²) in [4.78, 5) is 12.6. The highest BCUT2D eigenvalue weighted by Crippen LogP contribution is 2.48. The zero-order valence-electron chi connectivity index (χ0n) is 14.2. The third-order valence-electron chi connectivity index (χ3n) is 6.19. The average molecular weight is 326 g/mol. The van der Waals surface area contributed by atoms with Gasteiger partial charge >= 0.3 is 0 Å². The smallest absolute Gasteiger partial charge is 0.224 e. The Morgan fingerprint density at radius 1 is 1.29 bits per heavy atom. The second-order valence-electron chi connectivity index (χ2n) is 7.41. The van der Waals surface area contributed by atoms with Gasteiger partial charge in [-0.05, 0) is 49.7 Å². The van der Waals surface area contributed by atoms with E-state index >= 15 is 0 Å². The number of nitrogens with zero attached hydrogens (tertiary/aromatic N) is 1. The van der Waals surface area contributed by atoms with Gasteiger partial charge in [-0.15, -0.1) is 0 Å². The Kier molecular flexibility index (Phi) is 4.09. The van der Waals surface area contributed by atoms with Gasteiger partial charge in [0.2, 0.25) is 5.91 Å². The van der Waals surface area contributed by atoms with Gasteiger partial charge in [-0.25, -0.2) is 0 Å². The molecule has 4 nitrogen and oxygen atoms in total. The summed E-state index contributed by atoms with van der Waals surface area (Å²) in [6.45, 7) is 3.22. The minimum atomic E-state index is 0.0880. The highest BCUT2D eigenvalue weighted by molar-refractivity contribution is 5.89. The summed E-state index contributed by atoms with van der Waals surface area (Å²) in [7, 11) is 0. The Labute approximate surface area is 142 Å². The van der Waals surface area contributed by atoms with Gasteiger partial charge in [0.25, 0.3) is 0 Å². The molecule has 1 aromatic carbocycles. The summed E-state index contributed by atoms with van der Waals surface area (Å²) in [5, 5.41) is 14.1. The number of amides is 1. The number of fused-ring (bicyclic) bond motifs is 3.